The van der Waals surface area contributed by atoms with Crippen LogP contribution in [-0.2, 0) is 6.54 Å². The molecule has 1 aliphatic rings. The van der Waals surface area contributed by atoms with Crippen LogP contribution in [0, 0.1) is 13.8 Å². The van der Waals surface area contributed by atoms with Gasteiger partial charge in [-0.05, 0) is 38.0 Å². The van der Waals surface area contributed by atoms with Crippen molar-refractivity contribution in [2.75, 3.05) is 7.05 Å². The van der Waals surface area contributed by atoms with E-state index in [-0.39, 0.29) is 0 Å². The Morgan fingerprint density at radius 2 is 2.26 bits per heavy atom. The molecule has 1 aromatic carbocycles. The third kappa shape index (κ3) is 3.85. The van der Waals surface area contributed by atoms with E-state index >= 15 is 0 Å². The van der Waals surface area contributed by atoms with E-state index in [0.717, 1.165) is 28.9 Å². The first-order chi connectivity index (χ1) is 11.1. The maximum Gasteiger partial charge on any atom is 0.214 e. The Morgan fingerprint density at radius 3 is 2.91 bits per heavy atom. The summed E-state index contributed by atoms with van der Waals surface area (Å²) in [7, 11) is 1.76. The number of oxazole rings is 1. The largest absolute Gasteiger partial charge is 0.444 e. The summed E-state index contributed by atoms with van der Waals surface area (Å²) in [6.07, 6.45) is 1.08. The van der Waals surface area contributed by atoms with E-state index in [1.807, 2.05) is 32.0 Å². The zero-order valence-corrected chi connectivity index (χ0v) is 14.3. The fourth-order valence-corrected chi connectivity index (χ4v) is 2.80. The molecule has 0 bridgehead atoms. The van der Waals surface area contributed by atoms with Crippen LogP contribution in [0.15, 0.2) is 33.7 Å². The number of hydrogen-bond donors (Lipinski definition) is 2. The summed E-state index contributed by atoms with van der Waals surface area (Å²) in [6, 6.07) is 8.42. The van der Waals surface area contributed by atoms with Crippen molar-refractivity contribution < 1.29 is 4.42 Å². The SMILES string of the molecule is CN=C(NCc1nc(C)c(C)o1)NC1CC1c1cccc(Cl)c1. The van der Waals surface area contributed by atoms with E-state index in [0.29, 0.717) is 24.4 Å². The fourth-order valence-electron chi connectivity index (χ4n) is 2.60. The highest BCUT2D eigenvalue weighted by molar-refractivity contribution is 6.30. The van der Waals surface area contributed by atoms with Gasteiger partial charge in [0.1, 0.15) is 5.76 Å². The molecule has 2 aromatic rings. The van der Waals surface area contributed by atoms with Crippen molar-refractivity contribution in [3.05, 3.63) is 52.2 Å². The zero-order valence-electron chi connectivity index (χ0n) is 13.6. The van der Waals surface area contributed by atoms with E-state index in [1.165, 1.54) is 5.56 Å². The number of rotatable bonds is 4. The number of aromatic nitrogens is 1. The molecule has 122 valence electrons. The van der Waals surface area contributed by atoms with Gasteiger partial charge in [-0.15, -0.1) is 0 Å². The van der Waals surface area contributed by atoms with Crippen LogP contribution in [-0.4, -0.2) is 24.0 Å². The number of nitrogens with one attached hydrogen (secondary N) is 2. The molecule has 0 saturated heterocycles. The minimum Gasteiger partial charge on any atom is -0.444 e. The monoisotopic (exact) mass is 332 g/mol. The lowest BCUT2D eigenvalue weighted by Crippen LogP contribution is -2.38. The standard InChI is InChI=1S/C17H21ClN4O/c1-10-11(2)23-16(21-10)9-20-17(19-3)22-15-8-14(15)12-5-4-6-13(18)7-12/h4-7,14-15H,8-9H2,1-3H3,(H2,19,20,22). The molecule has 23 heavy (non-hydrogen) atoms. The highest BCUT2D eigenvalue weighted by Gasteiger charge is 2.39. The first-order valence-corrected chi connectivity index (χ1v) is 8.10. The van der Waals surface area contributed by atoms with Crippen molar-refractivity contribution >= 4 is 17.6 Å². The normalized spacial score (nSPS) is 20.4. The molecule has 1 heterocycles. The maximum atomic E-state index is 6.06. The van der Waals surface area contributed by atoms with Gasteiger partial charge in [0, 0.05) is 24.0 Å². The molecule has 0 aliphatic heterocycles. The highest BCUT2D eigenvalue weighted by atomic mass is 35.5. The minimum atomic E-state index is 0.382. The van der Waals surface area contributed by atoms with Gasteiger partial charge in [0.2, 0.25) is 5.89 Å². The minimum absolute atomic E-state index is 0.382. The van der Waals surface area contributed by atoms with Gasteiger partial charge < -0.3 is 15.1 Å². The van der Waals surface area contributed by atoms with Gasteiger partial charge in [-0.3, -0.25) is 4.99 Å². The Morgan fingerprint density at radius 1 is 1.43 bits per heavy atom. The molecule has 1 fully saturated rings. The van der Waals surface area contributed by atoms with Crippen molar-refractivity contribution in [3.8, 4) is 0 Å². The zero-order chi connectivity index (χ0) is 16.4. The van der Waals surface area contributed by atoms with Crippen LogP contribution in [0.2, 0.25) is 5.02 Å². The van der Waals surface area contributed by atoms with Crippen molar-refractivity contribution in [1.29, 1.82) is 0 Å². The predicted octanol–water partition coefficient (Wildman–Crippen LogP) is 3.17. The number of aliphatic imine (C=N–C) groups is 1. The predicted molar refractivity (Wildman–Crippen MR) is 91.9 cm³/mol. The lowest BCUT2D eigenvalue weighted by molar-refractivity contribution is 0.463. The topological polar surface area (TPSA) is 62.5 Å². The summed E-state index contributed by atoms with van der Waals surface area (Å²) in [5, 5.41) is 7.45. The maximum absolute atomic E-state index is 6.06. The van der Waals surface area contributed by atoms with Crippen molar-refractivity contribution in [2.45, 2.75) is 38.8 Å². The summed E-state index contributed by atoms with van der Waals surface area (Å²) >= 11 is 6.06. The highest BCUT2D eigenvalue weighted by Crippen LogP contribution is 2.41. The fraction of sp³-hybridized carbons (Fsp3) is 0.412. The van der Waals surface area contributed by atoms with Gasteiger partial charge in [0.25, 0.3) is 0 Å². The molecule has 0 amide bonds. The van der Waals surface area contributed by atoms with Crippen molar-refractivity contribution in [2.24, 2.45) is 4.99 Å². The molecular weight excluding hydrogens is 312 g/mol. The van der Waals surface area contributed by atoms with Crippen LogP contribution in [0.4, 0.5) is 0 Å². The second kappa shape index (κ2) is 6.62. The summed E-state index contributed by atoms with van der Waals surface area (Å²) in [5.41, 5.74) is 2.19. The smallest absolute Gasteiger partial charge is 0.214 e. The first kappa shape index (κ1) is 15.9. The third-order valence-electron chi connectivity index (χ3n) is 4.09. The Balaban J connectivity index is 1.53. The number of aryl methyl sites for hydroxylation is 2. The van der Waals surface area contributed by atoms with Gasteiger partial charge >= 0.3 is 0 Å². The molecular formula is C17H21ClN4O. The Kier molecular flexibility index (Phi) is 4.57. The van der Waals surface area contributed by atoms with E-state index in [1.54, 1.807) is 7.05 Å². The quantitative estimate of drug-likeness (QED) is 0.667. The van der Waals surface area contributed by atoms with Crippen LogP contribution >= 0.6 is 11.6 Å². The first-order valence-electron chi connectivity index (χ1n) is 7.72. The average molecular weight is 333 g/mol. The van der Waals surface area contributed by atoms with Crippen LogP contribution in [0.5, 0.6) is 0 Å². The molecule has 0 spiro atoms. The second-order valence-corrected chi connectivity index (χ2v) is 6.26. The Labute approximate surface area is 141 Å². The summed E-state index contributed by atoms with van der Waals surface area (Å²) in [4.78, 5) is 8.61. The van der Waals surface area contributed by atoms with Gasteiger partial charge in [-0.2, -0.15) is 0 Å². The Hall–Kier alpha value is -2.01. The molecule has 0 radical (unpaired) electrons. The number of benzene rings is 1. The number of halogens is 1. The number of nitrogens with zero attached hydrogens (tertiary/aromatic N) is 2. The molecule has 6 heteroatoms. The lowest BCUT2D eigenvalue weighted by Gasteiger charge is -2.10. The Bertz CT molecular complexity index is 706. The van der Waals surface area contributed by atoms with Gasteiger partial charge in [-0.1, -0.05) is 23.7 Å². The van der Waals surface area contributed by atoms with Crippen LogP contribution < -0.4 is 10.6 Å². The van der Waals surface area contributed by atoms with Crippen LogP contribution in [0.25, 0.3) is 0 Å². The van der Waals surface area contributed by atoms with Gasteiger partial charge in [0.15, 0.2) is 5.96 Å². The molecule has 2 unspecified atom stereocenters. The number of guanidine groups is 1. The average Bonchev–Trinajstić information content (AvgIpc) is 3.22. The van der Waals surface area contributed by atoms with E-state index in [4.69, 9.17) is 16.0 Å². The molecule has 1 aliphatic carbocycles. The molecule has 1 saturated carbocycles. The van der Waals surface area contributed by atoms with Gasteiger partial charge in [-0.25, -0.2) is 4.98 Å². The molecule has 5 nitrogen and oxygen atoms in total. The molecule has 3 rings (SSSR count). The van der Waals surface area contributed by atoms with Crippen molar-refractivity contribution in [1.82, 2.24) is 15.6 Å². The van der Waals surface area contributed by atoms with E-state index in [9.17, 15) is 0 Å². The molecule has 2 N–H and O–H groups in total. The molecule has 1 aromatic heterocycles. The summed E-state index contributed by atoms with van der Waals surface area (Å²) in [5.74, 6) is 2.77. The third-order valence-corrected chi connectivity index (χ3v) is 4.33. The summed E-state index contributed by atoms with van der Waals surface area (Å²) < 4.78 is 5.56. The number of hydrogen-bond acceptors (Lipinski definition) is 3. The van der Waals surface area contributed by atoms with E-state index in [2.05, 4.69) is 26.7 Å². The van der Waals surface area contributed by atoms with Gasteiger partial charge in [0.05, 0.1) is 12.2 Å². The summed E-state index contributed by atoms with van der Waals surface area (Å²) in [6.45, 7) is 4.37. The second-order valence-electron chi connectivity index (χ2n) is 5.82. The van der Waals surface area contributed by atoms with Crippen LogP contribution in [0.1, 0.15) is 35.2 Å². The van der Waals surface area contributed by atoms with E-state index < -0.39 is 0 Å². The van der Waals surface area contributed by atoms with Crippen LogP contribution in [0.3, 0.4) is 0 Å². The molecule has 2 atom stereocenters. The van der Waals surface area contributed by atoms with Crippen molar-refractivity contribution in [3.63, 3.8) is 0 Å². The lowest BCUT2D eigenvalue weighted by atomic mass is 10.1.